The van der Waals surface area contributed by atoms with Gasteiger partial charge in [-0.15, -0.1) is 0 Å². The maximum absolute atomic E-state index is 12.3. The van der Waals surface area contributed by atoms with Gasteiger partial charge in [-0.2, -0.15) is 0 Å². The van der Waals surface area contributed by atoms with E-state index >= 15 is 0 Å². The Hall–Kier alpha value is -2.50. The highest BCUT2D eigenvalue weighted by Gasteiger charge is 2.26. The first-order valence-electron chi connectivity index (χ1n) is 10.1. The summed E-state index contributed by atoms with van der Waals surface area (Å²) in [6.07, 6.45) is 1.96. The molecule has 144 valence electrons. The van der Waals surface area contributed by atoms with Gasteiger partial charge in [0.05, 0.1) is 6.10 Å². The number of carbonyl (C=O) groups excluding carboxylic acids is 2. The van der Waals surface area contributed by atoms with Gasteiger partial charge in [0.25, 0.3) is 0 Å². The lowest BCUT2D eigenvalue weighted by Gasteiger charge is -2.16. The molecule has 3 aromatic rings. The molecule has 2 aliphatic rings. The average Bonchev–Trinajstić information content (AvgIpc) is 3.35. The molecule has 2 heterocycles. The highest BCUT2D eigenvalue weighted by atomic mass is 16.3. The van der Waals surface area contributed by atoms with Crippen molar-refractivity contribution in [3.05, 3.63) is 47.0 Å². The first-order chi connectivity index (χ1) is 13.5. The molecule has 5 heteroatoms. The van der Waals surface area contributed by atoms with Gasteiger partial charge in [-0.1, -0.05) is 0 Å². The Bertz CT molecular complexity index is 1130. The second-order valence-electron chi connectivity index (χ2n) is 8.09. The fourth-order valence-corrected chi connectivity index (χ4v) is 4.87. The van der Waals surface area contributed by atoms with Gasteiger partial charge >= 0.3 is 0 Å². The second-order valence-corrected chi connectivity index (χ2v) is 8.09. The van der Waals surface area contributed by atoms with Gasteiger partial charge in [0.1, 0.15) is 0 Å². The molecule has 1 aliphatic carbocycles. The predicted octanol–water partition coefficient (Wildman–Crippen LogP) is 3.19. The molecule has 28 heavy (non-hydrogen) atoms. The highest BCUT2D eigenvalue weighted by molar-refractivity contribution is 6.16. The molecule has 1 unspecified atom stereocenters. The third-order valence-corrected chi connectivity index (χ3v) is 6.33. The molecule has 1 fully saturated rings. The lowest BCUT2D eigenvalue weighted by atomic mass is 10.0. The number of nitrogens with zero attached hydrogens (tertiary/aromatic N) is 2. The van der Waals surface area contributed by atoms with E-state index in [1.807, 2.05) is 24.3 Å². The fourth-order valence-electron chi connectivity index (χ4n) is 4.87. The summed E-state index contributed by atoms with van der Waals surface area (Å²) in [5.74, 6) is 0.268. The molecular formula is C23H24N2O3. The Morgan fingerprint density at radius 1 is 1.14 bits per heavy atom. The van der Waals surface area contributed by atoms with Crippen LogP contribution in [0, 0.1) is 0 Å². The summed E-state index contributed by atoms with van der Waals surface area (Å²) in [6, 6.07) is 9.94. The summed E-state index contributed by atoms with van der Waals surface area (Å²) in [6.45, 7) is 4.94. The Morgan fingerprint density at radius 3 is 2.71 bits per heavy atom. The summed E-state index contributed by atoms with van der Waals surface area (Å²) in [4.78, 5) is 26.5. The number of aliphatic hydroxyl groups excluding tert-OH is 1. The highest BCUT2D eigenvalue weighted by Crippen LogP contribution is 2.37. The average molecular weight is 376 g/mol. The fraction of sp³-hybridized carbons (Fsp3) is 0.391. The van der Waals surface area contributed by atoms with Crippen molar-refractivity contribution in [3.63, 3.8) is 0 Å². The zero-order chi connectivity index (χ0) is 19.4. The summed E-state index contributed by atoms with van der Waals surface area (Å²) in [7, 11) is 0. The summed E-state index contributed by atoms with van der Waals surface area (Å²) in [5, 5.41) is 12.0. The van der Waals surface area contributed by atoms with Gasteiger partial charge in [-0.05, 0) is 55.7 Å². The number of aliphatic hydroxyl groups is 1. The number of aromatic nitrogens is 1. The van der Waals surface area contributed by atoms with Gasteiger partial charge in [0.15, 0.2) is 11.6 Å². The number of hydrogen-bond donors (Lipinski definition) is 1. The largest absolute Gasteiger partial charge is 0.392 e. The van der Waals surface area contributed by atoms with E-state index in [4.69, 9.17) is 0 Å². The number of fused-ring (bicyclic) bond motifs is 5. The van der Waals surface area contributed by atoms with Crippen molar-refractivity contribution in [2.24, 2.45) is 0 Å². The normalized spacial score (nSPS) is 19.8. The molecule has 2 aromatic carbocycles. The third-order valence-electron chi connectivity index (χ3n) is 6.33. The zero-order valence-corrected chi connectivity index (χ0v) is 16.1. The Kier molecular flexibility index (Phi) is 4.11. The van der Waals surface area contributed by atoms with Crippen LogP contribution in [0.25, 0.3) is 21.8 Å². The van der Waals surface area contributed by atoms with E-state index in [9.17, 15) is 14.7 Å². The monoisotopic (exact) mass is 376 g/mol. The standard InChI is InChI=1S/C23H24N2O3/c1-14(26)15-2-5-20-19(12-15)23-18-4-7-22(28)17(18)3-6-21(23)25(20)11-10-24-9-8-16(27)13-24/h2-3,5-6,12,16,27H,4,7-11,13H2,1H3. The summed E-state index contributed by atoms with van der Waals surface area (Å²) >= 11 is 0. The van der Waals surface area contributed by atoms with Crippen LogP contribution in [0.4, 0.5) is 0 Å². The van der Waals surface area contributed by atoms with Crippen LogP contribution < -0.4 is 0 Å². The molecule has 1 N–H and O–H groups in total. The van der Waals surface area contributed by atoms with Gasteiger partial charge < -0.3 is 9.67 Å². The lowest BCUT2D eigenvalue weighted by molar-refractivity contribution is 0.0991. The number of Topliss-reactive ketones (excluding diaryl/α,β-unsaturated/α-hetero) is 2. The van der Waals surface area contributed by atoms with Crippen molar-refractivity contribution < 1.29 is 14.7 Å². The van der Waals surface area contributed by atoms with Crippen LogP contribution >= 0.6 is 0 Å². The van der Waals surface area contributed by atoms with Crippen LogP contribution in [0.15, 0.2) is 30.3 Å². The van der Waals surface area contributed by atoms with Crippen molar-refractivity contribution in [2.45, 2.75) is 38.8 Å². The van der Waals surface area contributed by atoms with Gasteiger partial charge in [0, 0.05) is 65.5 Å². The molecule has 1 atom stereocenters. The van der Waals surface area contributed by atoms with Crippen molar-refractivity contribution in [1.29, 1.82) is 0 Å². The van der Waals surface area contributed by atoms with Crippen molar-refractivity contribution in [3.8, 4) is 0 Å². The van der Waals surface area contributed by atoms with Crippen LogP contribution in [0.2, 0.25) is 0 Å². The maximum Gasteiger partial charge on any atom is 0.163 e. The number of likely N-dealkylation sites (tertiary alicyclic amines) is 1. The van der Waals surface area contributed by atoms with E-state index in [1.54, 1.807) is 6.92 Å². The van der Waals surface area contributed by atoms with E-state index < -0.39 is 0 Å². The van der Waals surface area contributed by atoms with Gasteiger partial charge in [-0.3, -0.25) is 14.5 Å². The molecule has 0 radical (unpaired) electrons. The minimum absolute atomic E-state index is 0.0532. The number of carbonyl (C=O) groups is 2. The number of ketones is 2. The molecule has 1 aliphatic heterocycles. The number of rotatable bonds is 4. The maximum atomic E-state index is 12.3. The zero-order valence-electron chi connectivity index (χ0n) is 16.1. The molecular weight excluding hydrogens is 352 g/mol. The summed E-state index contributed by atoms with van der Waals surface area (Å²) in [5.41, 5.74) is 4.90. The number of benzene rings is 2. The van der Waals surface area contributed by atoms with Crippen LogP contribution in [-0.2, 0) is 13.0 Å². The first kappa shape index (κ1) is 17.6. The minimum Gasteiger partial charge on any atom is -0.392 e. The van der Waals surface area contributed by atoms with Crippen LogP contribution in [0.5, 0.6) is 0 Å². The van der Waals surface area contributed by atoms with Crippen LogP contribution in [0.1, 0.15) is 46.0 Å². The van der Waals surface area contributed by atoms with E-state index in [2.05, 4.69) is 15.5 Å². The second kappa shape index (κ2) is 6.54. The number of hydrogen-bond acceptors (Lipinski definition) is 4. The van der Waals surface area contributed by atoms with Gasteiger partial charge in [-0.25, -0.2) is 0 Å². The number of aryl methyl sites for hydroxylation is 1. The molecule has 1 aromatic heterocycles. The van der Waals surface area contributed by atoms with E-state index in [0.29, 0.717) is 12.0 Å². The quantitative estimate of drug-likeness (QED) is 0.711. The lowest BCUT2D eigenvalue weighted by Crippen LogP contribution is -2.26. The van der Waals surface area contributed by atoms with Crippen molar-refractivity contribution >= 4 is 33.4 Å². The van der Waals surface area contributed by atoms with Crippen molar-refractivity contribution in [2.75, 3.05) is 19.6 Å². The molecule has 0 saturated carbocycles. The summed E-state index contributed by atoms with van der Waals surface area (Å²) < 4.78 is 2.31. The Labute approximate surface area is 163 Å². The van der Waals surface area contributed by atoms with E-state index in [1.165, 1.54) is 0 Å². The topological polar surface area (TPSA) is 62.5 Å². The number of β-amino-alcohol motifs (C(OH)–C–C–N with tert-alkyl or cyclic N) is 1. The molecule has 5 nitrogen and oxygen atoms in total. The van der Waals surface area contributed by atoms with Gasteiger partial charge in [0.2, 0.25) is 0 Å². The SMILES string of the molecule is CC(=O)c1ccc2c(c1)c1c3c(ccc1n2CCN1CCC(O)C1)C(=O)CC3. The van der Waals surface area contributed by atoms with Crippen LogP contribution in [0.3, 0.4) is 0 Å². The Morgan fingerprint density at radius 2 is 1.96 bits per heavy atom. The molecule has 1 saturated heterocycles. The molecule has 0 amide bonds. The Balaban J connectivity index is 1.67. The third kappa shape index (κ3) is 2.69. The predicted molar refractivity (Wildman–Crippen MR) is 109 cm³/mol. The van der Waals surface area contributed by atoms with Crippen molar-refractivity contribution in [1.82, 2.24) is 9.47 Å². The van der Waals surface area contributed by atoms with Crippen LogP contribution in [-0.4, -0.2) is 51.9 Å². The minimum atomic E-state index is -0.217. The molecule has 5 rings (SSSR count). The smallest absolute Gasteiger partial charge is 0.163 e. The molecule has 0 spiro atoms. The van der Waals surface area contributed by atoms with E-state index in [-0.39, 0.29) is 17.7 Å². The first-order valence-corrected chi connectivity index (χ1v) is 10.1. The molecule has 0 bridgehead atoms. The van der Waals surface area contributed by atoms with E-state index in [0.717, 1.165) is 72.0 Å².